The summed E-state index contributed by atoms with van der Waals surface area (Å²) >= 11 is 0. The van der Waals surface area contributed by atoms with Gasteiger partial charge in [-0.05, 0) is 30.0 Å². The summed E-state index contributed by atoms with van der Waals surface area (Å²) in [7, 11) is 0. The molecule has 0 aliphatic rings. The van der Waals surface area contributed by atoms with Gasteiger partial charge in [0.1, 0.15) is 11.6 Å². The van der Waals surface area contributed by atoms with Gasteiger partial charge >= 0.3 is 5.97 Å². The molecule has 2 aromatic carbocycles. The molecule has 0 heterocycles. The van der Waals surface area contributed by atoms with Gasteiger partial charge in [0, 0.05) is 6.42 Å². The molecule has 1 unspecified atom stereocenters. The molecular formula is C26H28N2O4. The highest BCUT2D eigenvalue weighted by atomic mass is 16.4. The average Bonchev–Trinajstić information content (AvgIpc) is 2.81. The van der Waals surface area contributed by atoms with Gasteiger partial charge in [-0.15, -0.1) is 0 Å². The second-order valence-corrected chi connectivity index (χ2v) is 7.10. The van der Waals surface area contributed by atoms with Crippen LogP contribution >= 0.6 is 0 Å². The molecule has 0 aliphatic heterocycles. The number of carbonyl (C=O) groups is 3. The Labute approximate surface area is 188 Å². The van der Waals surface area contributed by atoms with Crippen molar-refractivity contribution in [3.8, 4) is 0 Å². The van der Waals surface area contributed by atoms with E-state index in [1.807, 2.05) is 85.8 Å². The van der Waals surface area contributed by atoms with E-state index in [-0.39, 0.29) is 18.7 Å². The Hall–Kier alpha value is -3.93. The van der Waals surface area contributed by atoms with Gasteiger partial charge in [0.2, 0.25) is 12.3 Å². The standard InChI is InChI=1S/C26H28N2O4/c1-3-11-20(12-4-2)26(21-13-7-5-8-14-21,22-15-9-6-10-16-22)28-24(30)18-17-23(25(31)32)27-19-29/h3-16,19,23H,1,17-18H2,2H3,(H,27,29)(H,28,30)(H,31,32)/b12-4-,20-11+. The van der Waals surface area contributed by atoms with Crippen molar-refractivity contribution in [2.24, 2.45) is 0 Å². The molecule has 0 spiro atoms. The van der Waals surface area contributed by atoms with Crippen LogP contribution in [0.15, 0.2) is 97.1 Å². The fraction of sp³-hybridized carbons (Fsp3) is 0.192. The molecule has 0 aliphatic carbocycles. The van der Waals surface area contributed by atoms with E-state index in [1.165, 1.54) is 0 Å². The van der Waals surface area contributed by atoms with Crippen LogP contribution in [0.25, 0.3) is 0 Å². The minimum atomic E-state index is -1.19. The Bertz CT molecular complexity index is 942. The van der Waals surface area contributed by atoms with Gasteiger partial charge in [-0.1, -0.05) is 91.5 Å². The third-order valence-corrected chi connectivity index (χ3v) is 5.04. The highest BCUT2D eigenvalue weighted by molar-refractivity contribution is 5.81. The normalized spacial score (nSPS) is 12.7. The molecule has 1 atom stereocenters. The van der Waals surface area contributed by atoms with Crippen LogP contribution < -0.4 is 10.6 Å². The zero-order valence-corrected chi connectivity index (χ0v) is 18.0. The summed E-state index contributed by atoms with van der Waals surface area (Å²) in [6.45, 7) is 5.72. The number of aliphatic carboxylic acids is 1. The first-order valence-electron chi connectivity index (χ1n) is 10.3. The van der Waals surface area contributed by atoms with E-state index in [4.69, 9.17) is 0 Å². The summed E-state index contributed by atoms with van der Waals surface area (Å²) in [6, 6.07) is 18.0. The Morgan fingerprint density at radius 3 is 2.06 bits per heavy atom. The number of hydrogen-bond donors (Lipinski definition) is 3. The number of allylic oxidation sites excluding steroid dienone is 3. The van der Waals surface area contributed by atoms with Crippen LogP contribution in [0.3, 0.4) is 0 Å². The van der Waals surface area contributed by atoms with Gasteiger partial charge in [-0.25, -0.2) is 4.79 Å². The second kappa shape index (κ2) is 12.1. The lowest BCUT2D eigenvalue weighted by Crippen LogP contribution is -2.48. The fourth-order valence-corrected chi connectivity index (χ4v) is 3.61. The number of carbonyl (C=O) groups excluding carboxylic acids is 2. The maximum Gasteiger partial charge on any atom is 0.326 e. The zero-order valence-electron chi connectivity index (χ0n) is 18.0. The average molecular weight is 433 g/mol. The summed E-state index contributed by atoms with van der Waals surface area (Å²) in [6.07, 6.45) is 7.50. The summed E-state index contributed by atoms with van der Waals surface area (Å²) in [5.41, 5.74) is 1.44. The summed E-state index contributed by atoms with van der Waals surface area (Å²) in [4.78, 5) is 35.2. The lowest BCUT2D eigenvalue weighted by Gasteiger charge is -2.38. The van der Waals surface area contributed by atoms with E-state index < -0.39 is 17.6 Å². The number of rotatable bonds is 12. The third-order valence-electron chi connectivity index (χ3n) is 5.04. The predicted octanol–water partition coefficient (Wildman–Crippen LogP) is 3.71. The van der Waals surface area contributed by atoms with E-state index in [0.717, 1.165) is 16.7 Å². The number of carboxylic acids is 1. The predicted molar refractivity (Wildman–Crippen MR) is 125 cm³/mol. The second-order valence-electron chi connectivity index (χ2n) is 7.10. The molecule has 0 saturated carbocycles. The molecule has 3 N–H and O–H groups in total. The molecule has 0 saturated heterocycles. The Morgan fingerprint density at radius 1 is 1.06 bits per heavy atom. The van der Waals surface area contributed by atoms with Crippen LogP contribution in [0.5, 0.6) is 0 Å². The SMILES string of the molecule is C=C/C=C(\C=C/C)C(NC(=O)CCC(NC=O)C(=O)O)(c1ccccc1)c1ccccc1. The maximum atomic E-state index is 13.2. The molecule has 32 heavy (non-hydrogen) atoms. The lowest BCUT2D eigenvalue weighted by atomic mass is 9.76. The van der Waals surface area contributed by atoms with Crippen LogP contribution in [0.4, 0.5) is 0 Å². The first-order chi connectivity index (χ1) is 15.5. The van der Waals surface area contributed by atoms with Crippen molar-refractivity contribution in [2.45, 2.75) is 31.3 Å². The first kappa shape index (κ1) is 24.3. The summed E-state index contributed by atoms with van der Waals surface area (Å²) < 4.78 is 0. The van der Waals surface area contributed by atoms with E-state index in [9.17, 15) is 19.5 Å². The third kappa shape index (κ3) is 5.82. The topological polar surface area (TPSA) is 95.5 Å². The van der Waals surface area contributed by atoms with E-state index >= 15 is 0 Å². The molecule has 2 aromatic rings. The molecule has 166 valence electrons. The summed E-state index contributed by atoms with van der Waals surface area (Å²) in [5.74, 6) is -1.54. The van der Waals surface area contributed by atoms with Gasteiger partial charge in [0.25, 0.3) is 0 Å². The molecule has 6 nitrogen and oxygen atoms in total. The molecule has 0 aromatic heterocycles. The Balaban J connectivity index is 2.58. The molecule has 2 rings (SSSR count). The number of benzene rings is 2. The molecule has 0 fully saturated rings. The Kier molecular flexibility index (Phi) is 9.17. The largest absolute Gasteiger partial charge is 0.480 e. The summed E-state index contributed by atoms with van der Waals surface area (Å²) in [5, 5.41) is 14.6. The van der Waals surface area contributed by atoms with Crippen molar-refractivity contribution in [1.82, 2.24) is 10.6 Å². The Morgan fingerprint density at radius 2 is 1.62 bits per heavy atom. The van der Waals surface area contributed by atoms with Crippen LogP contribution in [0.1, 0.15) is 30.9 Å². The van der Waals surface area contributed by atoms with Crippen molar-refractivity contribution in [2.75, 3.05) is 0 Å². The fourth-order valence-electron chi connectivity index (χ4n) is 3.61. The van der Waals surface area contributed by atoms with Crippen molar-refractivity contribution < 1.29 is 19.5 Å². The monoisotopic (exact) mass is 432 g/mol. The first-order valence-corrected chi connectivity index (χ1v) is 10.3. The molecule has 0 bridgehead atoms. The number of hydrogen-bond acceptors (Lipinski definition) is 3. The zero-order chi connectivity index (χ0) is 23.4. The maximum absolute atomic E-state index is 13.2. The molecular weight excluding hydrogens is 404 g/mol. The van der Waals surface area contributed by atoms with E-state index in [2.05, 4.69) is 17.2 Å². The van der Waals surface area contributed by atoms with Gasteiger partial charge in [-0.2, -0.15) is 0 Å². The molecule has 2 amide bonds. The highest BCUT2D eigenvalue weighted by Gasteiger charge is 2.38. The minimum absolute atomic E-state index is 0.0380. The lowest BCUT2D eigenvalue weighted by molar-refractivity contribution is -0.140. The van der Waals surface area contributed by atoms with E-state index in [1.54, 1.807) is 6.08 Å². The van der Waals surface area contributed by atoms with Crippen LogP contribution in [0, 0.1) is 0 Å². The number of amides is 2. The quantitative estimate of drug-likeness (QED) is 0.352. The van der Waals surface area contributed by atoms with Gasteiger partial charge in [0.05, 0.1) is 0 Å². The molecule has 0 radical (unpaired) electrons. The van der Waals surface area contributed by atoms with Crippen molar-refractivity contribution >= 4 is 18.3 Å². The van der Waals surface area contributed by atoms with Gasteiger partial charge in [-0.3, -0.25) is 9.59 Å². The highest BCUT2D eigenvalue weighted by Crippen LogP contribution is 2.38. The smallest absolute Gasteiger partial charge is 0.326 e. The van der Waals surface area contributed by atoms with Crippen molar-refractivity contribution in [1.29, 1.82) is 0 Å². The number of nitrogens with one attached hydrogen (secondary N) is 2. The van der Waals surface area contributed by atoms with Crippen LogP contribution in [-0.2, 0) is 19.9 Å². The number of carboxylic acid groups (broad SMARTS) is 1. The van der Waals surface area contributed by atoms with E-state index in [0.29, 0.717) is 6.41 Å². The molecule has 6 heteroatoms. The van der Waals surface area contributed by atoms with Crippen LogP contribution in [0.2, 0.25) is 0 Å². The minimum Gasteiger partial charge on any atom is -0.480 e. The van der Waals surface area contributed by atoms with Crippen molar-refractivity contribution in [3.63, 3.8) is 0 Å². The van der Waals surface area contributed by atoms with Gasteiger partial charge in [0.15, 0.2) is 0 Å². The van der Waals surface area contributed by atoms with Crippen LogP contribution in [-0.4, -0.2) is 29.4 Å². The van der Waals surface area contributed by atoms with Gasteiger partial charge < -0.3 is 15.7 Å². The van der Waals surface area contributed by atoms with Crippen molar-refractivity contribution in [3.05, 3.63) is 108 Å².